The van der Waals surface area contributed by atoms with Crippen molar-refractivity contribution in [2.45, 2.75) is 39.0 Å². The molecular weight excluding hydrogens is 346 g/mol. The van der Waals surface area contributed by atoms with Crippen LogP contribution in [0.3, 0.4) is 0 Å². The van der Waals surface area contributed by atoms with Gasteiger partial charge in [-0.2, -0.15) is 0 Å². The second-order valence-electron chi connectivity index (χ2n) is 7.09. The molecule has 1 aromatic rings. The standard InChI is InChI=1S/C16H22BrN3O2/c1-16(2,3)22-15(21)20-8-12-13(9-20)14(12)19-7-11-5-4-10(17)6-18-11/h4-6,12-14,19H,7-9H2,1-3H3. The molecule has 2 heterocycles. The highest BCUT2D eigenvalue weighted by Gasteiger charge is 2.56. The SMILES string of the molecule is CC(C)(C)OC(=O)N1CC2C(C1)C2NCc1ccc(Br)cn1. The van der Waals surface area contributed by atoms with E-state index in [-0.39, 0.29) is 6.09 Å². The third kappa shape index (κ3) is 3.60. The van der Waals surface area contributed by atoms with E-state index in [1.54, 1.807) is 0 Å². The van der Waals surface area contributed by atoms with E-state index in [1.807, 2.05) is 44.0 Å². The number of hydrogen-bond acceptors (Lipinski definition) is 4. The van der Waals surface area contributed by atoms with Crippen molar-refractivity contribution < 1.29 is 9.53 Å². The van der Waals surface area contributed by atoms with Crippen LogP contribution in [0.25, 0.3) is 0 Å². The Hall–Kier alpha value is -1.14. The molecule has 1 aliphatic heterocycles. The van der Waals surface area contributed by atoms with Gasteiger partial charge in [0, 0.05) is 36.3 Å². The summed E-state index contributed by atoms with van der Waals surface area (Å²) in [5.41, 5.74) is 0.617. The zero-order valence-corrected chi connectivity index (χ0v) is 14.8. The van der Waals surface area contributed by atoms with Gasteiger partial charge in [-0.25, -0.2) is 4.79 Å². The van der Waals surface area contributed by atoms with Crippen molar-refractivity contribution >= 4 is 22.0 Å². The zero-order chi connectivity index (χ0) is 15.9. The first-order valence-electron chi connectivity index (χ1n) is 7.65. The Labute approximate surface area is 139 Å². The summed E-state index contributed by atoms with van der Waals surface area (Å²) in [6, 6.07) is 4.52. The van der Waals surface area contributed by atoms with Crippen molar-refractivity contribution in [3.05, 3.63) is 28.5 Å². The monoisotopic (exact) mass is 367 g/mol. The lowest BCUT2D eigenvalue weighted by Gasteiger charge is -2.26. The lowest BCUT2D eigenvalue weighted by molar-refractivity contribution is 0.0269. The van der Waals surface area contributed by atoms with Gasteiger partial charge in [-0.15, -0.1) is 0 Å². The van der Waals surface area contributed by atoms with Gasteiger partial charge < -0.3 is 15.0 Å². The topological polar surface area (TPSA) is 54.5 Å². The van der Waals surface area contributed by atoms with Gasteiger partial charge in [0.1, 0.15) is 5.60 Å². The second-order valence-corrected chi connectivity index (χ2v) is 8.00. The van der Waals surface area contributed by atoms with E-state index in [4.69, 9.17) is 4.74 Å². The Morgan fingerprint density at radius 2 is 2.09 bits per heavy atom. The van der Waals surface area contributed by atoms with Crippen molar-refractivity contribution in [2.24, 2.45) is 11.8 Å². The summed E-state index contributed by atoms with van der Waals surface area (Å²) < 4.78 is 6.41. The molecule has 5 nitrogen and oxygen atoms in total. The maximum atomic E-state index is 12.0. The minimum absolute atomic E-state index is 0.187. The minimum Gasteiger partial charge on any atom is -0.444 e. The van der Waals surface area contributed by atoms with Crippen LogP contribution in [-0.4, -0.2) is 40.7 Å². The van der Waals surface area contributed by atoms with Crippen molar-refractivity contribution in [3.8, 4) is 0 Å². The van der Waals surface area contributed by atoms with E-state index in [2.05, 4.69) is 26.2 Å². The Bertz CT molecular complexity index is 544. The molecule has 120 valence electrons. The van der Waals surface area contributed by atoms with Gasteiger partial charge in [0.2, 0.25) is 0 Å². The number of amides is 1. The van der Waals surface area contributed by atoms with Gasteiger partial charge in [-0.05, 0) is 60.7 Å². The fourth-order valence-electron chi connectivity index (χ4n) is 3.04. The molecule has 0 radical (unpaired) electrons. The van der Waals surface area contributed by atoms with Crippen LogP contribution < -0.4 is 5.32 Å². The number of aromatic nitrogens is 1. The Morgan fingerprint density at radius 3 is 2.64 bits per heavy atom. The largest absolute Gasteiger partial charge is 0.444 e. The van der Waals surface area contributed by atoms with E-state index in [0.717, 1.165) is 29.8 Å². The molecule has 0 spiro atoms. The first-order chi connectivity index (χ1) is 10.3. The molecule has 2 aliphatic rings. The number of pyridine rings is 1. The summed E-state index contributed by atoms with van der Waals surface area (Å²) in [6.45, 7) is 8.07. The predicted octanol–water partition coefficient (Wildman–Crippen LogP) is 2.80. The van der Waals surface area contributed by atoms with Crippen LogP contribution in [0, 0.1) is 11.8 Å². The number of nitrogens with one attached hydrogen (secondary N) is 1. The van der Waals surface area contributed by atoms with Crippen LogP contribution in [0.1, 0.15) is 26.5 Å². The highest BCUT2D eigenvalue weighted by atomic mass is 79.9. The molecule has 2 fully saturated rings. The molecular formula is C16H22BrN3O2. The lowest BCUT2D eigenvalue weighted by Crippen LogP contribution is -2.39. The first-order valence-corrected chi connectivity index (χ1v) is 8.44. The summed E-state index contributed by atoms with van der Waals surface area (Å²) in [5, 5.41) is 3.55. The number of fused-ring (bicyclic) bond motifs is 1. The summed E-state index contributed by atoms with van der Waals surface area (Å²) in [5.74, 6) is 1.12. The van der Waals surface area contributed by atoms with Gasteiger partial charge in [0.25, 0.3) is 0 Å². The summed E-state index contributed by atoms with van der Waals surface area (Å²) in [7, 11) is 0. The van der Waals surface area contributed by atoms with Gasteiger partial charge in [-0.1, -0.05) is 0 Å². The van der Waals surface area contributed by atoms with Crippen molar-refractivity contribution in [3.63, 3.8) is 0 Å². The summed E-state index contributed by atoms with van der Waals surface area (Å²) in [4.78, 5) is 18.2. The Balaban J connectivity index is 1.43. The molecule has 1 saturated carbocycles. The highest BCUT2D eigenvalue weighted by Crippen LogP contribution is 2.45. The van der Waals surface area contributed by atoms with E-state index < -0.39 is 5.60 Å². The third-order valence-corrected chi connectivity index (χ3v) is 4.62. The molecule has 1 aliphatic carbocycles. The smallest absolute Gasteiger partial charge is 0.410 e. The molecule has 1 aromatic heterocycles. The number of hydrogen-bond donors (Lipinski definition) is 1. The minimum atomic E-state index is -0.422. The number of likely N-dealkylation sites (tertiary alicyclic amines) is 1. The van der Waals surface area contributed by atoms with Crippen molar-refractivity contribution in [2.75, 3.05) is 13.1 Å². The molecule has 22 heavy (non-hydrogen) atoms. The van der Waals surface area contributed by atoms with E-state index in [9.17, 15) is 4.79 Å². The fraction of sp³-hybridized carbons (Fsp3) is 0.625. The number of ether oxygens (including phenoxy) is 1. The number of carbonyl (C=O) groups excluding carboxylic acids is 1. The van der Waals surface area contributed by atoms with Crippen molar-refractivity contribution in [1.29, 1.82) is 0 Å². The molecule has 0 aromatic carbocycles. The van der Waals surface area contributed by atoms with Gasteiger partial charge in [-0.3, -0.25) is 4.98 Å². The third-order valence-electron chi connectivity index (χ3n) is 4.15. The Morgan fingerprint density at radius 1 is 1.41 bits per heavy atom. The predicted molar refractivity (Wildman–Crippen MR) is 87.4 cm³/mol. The van der Waals surface area contributed by atoms with E-state index >= 15 is 0 Å². The van der Waals surface area contributed by atoms with Gasteiger partial charge in [0.15, 0.2) is 0 Å². The van der Waals surface area contributed by atoms with Crippen LogP contribution in [0.5, 0.6) is 0 Å². The van der Waals surface area contributed by atoms with Crippen LogP contribution in [-0.2, 0) is 11.3 Å². The number of nitrogens with zero attached hydrogens (tertiary/aromatic N) is 2. The molecule has 1 N–H and O–H groups in total. The number of rotatable bonds is 3. The quantitative estimate of drug-likeness (QED) is 0.892. The maximum absolute atomic E-state index is 12.0. The van der Waals surface area contributed by atoms with Crippen LogP contribution in [0.15, 0.2) is 22.8 Å². The van der Waals surface area contributed by atoms with Gasteiger partial charge in [0.05, 0.1) is 5.69 Å². The fourth-order valence-corrected chi connectivity index (χ4v) is 3.27. The second kappa shape index (κ2) is 5.81. The van der Waals surface area contributed by atoms with Crippen molar-refractivity contribution in [1.82, 2.24) is 15.2 Å². The highest BCUT2D eigenvalue weighted by molar-refractivity contribution is 9.10. The average molecular weight is 368 g/mol. The molecule has 6 heteroatoms. The molecule has 0 bridgehead atoms. The number of carbonyl (C=O) groups is 1. The lowest BCUT2D eigenvalue weighted by atomic mass is 10.2. The normalized spacial score (nSPS) is 26.7. The van der Waals surface area contributed by atoms with Crippen LogP contribution in [0.4, 0.5) is 4.79 Å². The number of halogens is 1. The van der Waals surface area contributed by atoms with Crippen LogP contribution in [0.2, 0.25) is 0 Å². The molecule has 2 unspecified atom stereocenters. The molecule has 1 saturated heterocycles. The summed E-state index contributed by atoms with van der Waals surface area (Å²) in [6.07, 6.45) is 1.63. The summed E-state index contributed by atoms with van der Waals surface area (Å²) >= 11 is 3.39. The first kappa shape index (κ1) is 15.7. The van der Waals surface area contributed by atoms with Gasteiger partial charge >= 0.3 is 6.09 Å². The number of piperidine rings is 1. The molecule has 2 atom stereocenters. The van der Waals surface area contributed by atoms with E-state index in [1.165, 1.54) is 0 Å². The van der Waals surface area contributed by atoms with E-state index in [0.29, 0.717) is 17.9 Å². The molecule has 3 rings (SSSR count). The molecule has 1 amide bonds. The maximum Gasteiger partial charge on any atom is 0.410 e. The average Bonchev–Trinajstić information content (AvgIpc) is 2.88. The van der Waals surface area contributed by atoms with Crippen LogP contribution >= 0.6 is 15.9 Å². The zero-order valence-electron chi connectivity index (χ0n) is 13.2. The Kier molecular flexibility index (Phi) is 4.16.